The third kappa shape index (κ3) is 4.96. The molecule has 1 amide bonds. The summed E-state index contributed by atoms with van der Waals surface area (Å²) in [6, 6.07) is 14.9. The van der Waals surface area contributed by atoms with E-state index < -0.39 is 0 Å². The quantitative estimate of drug-likeness (QED) is 0.891. The lowest BCUT2D eigenvalue weighted by atomic mass is 10.2. The highest BCUT2D eigenvalue weighted by Crippen LogP contribution is 2.23. The molecule has 2 N–H and O–H groups in total. The molecule has 0 bridgehead atoms. The average molecular weight is 349 g/mol. The number of carbonyl (C=O) groups excluding carboxylic acids is 1. The monoisotopic (exact) mass is 348 g/mol. The van der Waals surface area contributed by atoms with Crippen molar-refractivity contribution < 1.29 is 14.3 Å². The van der Waals surface area contributed by atoms with Crippen LogP contribution in [0.4, 0.5) is 5.69 Å². The molecule has 1 aliphatic rings. The Morgan fingerprint density at radius 3 is 2.67 bits per heavy atom. The van der Waals surface area contributed by atoms with E-state index in [2.05, 4.69) is 10.6 Å². The Kier molecular flexibility index (Phi) is 6.61. The molecule has 0 radical (unpaired) electrons. The lowest BCUT2D eigenvalue weighted by Gasteiger charge is -2.22. The summed E-state index contributed by atoms with van der Waals surface area (Å²) in [7, 11) is 0. The smallest absolute Gasteiger partial charge is 0.243 e. The second kappa shape index (κ2) is 8.68. The Bertz CT molecular complexity index is 670. The number of aryl methyl sites for hydroxylation is 1. The number of rotatable bonds is 4. The zero-order chi connectivity index (χ0) is 16.1. The van der Waals surface area contributed by atoms with E-state index in [1.807, 2.05) is 55.5 Å². The summed E-state index contributed by atoms with van der Waals surface area (Å²) in [5, 5.41) is 6.00. The van der Waals surface area contributed by atoms with Crippen molar-refractivity contribution in [1.29, 1.82) is 0 Å². The van der Waals surface area contributed by atoms with Crippen LogP contribution < -0.4 is 15.4 Å². The Labute approximate surface area is 147 Å². The zero-order valence-electron chi connectivity index (χ0n) is 13.5. The number of carbonyl (C=O) groups is 1. The molecule has 1 heterocycles. The normalized spacial score (nSPS) is 16.8. The van der Waals surface area contributed by atoms with E-state index in [-0.39, 0.29) is 24.4 Å². The highest BCUT2D eigenvalue weighted by atomic mass is 35.5. The Morgan fingerprint density at radius 2 is 2.00 bits per heavy atom. The maximum Gasteiger partial charge on any atom is 0.243 e. The zero-order valence-corrected chi connectivity index (χ0v) is 14.3. The van der Waals surface area contributed by atoms with E-state index in [9.17, 15) is 4.79 Å². The molecule has 128 valence electrons. The molecule has 1 atom stereocenters. The fourth-order valence-electron chi connectivity index (χ4n) is 2.38. The molecule has 3 rings (SSSR count). The van der Waals surface area contributed by atoms with Crippen LogP contribution in [-0.2, 0) is 9.53 Å². The topological polar surface area (TPSA) is 59.6 Å². The Hall–Kier alpha value is -2.08. The maximum atomic E-state index is 12.1. The van der Waals surface area contributed by atoms with Gasteiger partial charge in [-0.1, -0.05) is 12.1 Å². The van der Waals surface area contributed by atoms with Crippen LogP contribution in [-0.4, -0.2) is 31.7 Å². The number of ether oxygens (including phenoxy) is 2. The number of hydrogen-bond acceptors (Lipinski definition) is 4. The van der Waals surface area contributed by atoms with Crippen LogP contribution in [0.15, 0.2) is 48.5 Å². The lowest BCUT2D eigenvalue weighted by Crippen LogP contribution is -2.48. The highest BCUT2D eigenvalue weighted by molar-refractivity contribution is 5.95. The minimum absolute atomic E-state index is 0. The molecule has 0 spiro atoms. The molecule has 24 heavy (non-hydrogen) atoms. The van der Waals surface area contributed by atoms with Crippen LogP contribution in [0.2, 0.25) is 0 Å². The summed E-state index contributed by atoms with van der Waals surface area (Å²) in [5.74, 6) is 1.44. The van der Waals surface area contributed by atoms with Crippen molar-refractivity contribution in [2.45, 2.75) is 13.0 Å². The summed E-state index contributed by atoms with van der Waals surface area (Å²) < 4.78 is 11.1. The molecule has 0 saturated carbocycles. The lowest BCUT2D eigenvalue weighted by molar-refractivity contribution is -0.120. The van der Waals surface area contributed by atoms with Gasteiger partial charge in [0, 0.05) is 12.2 Å². The largest absolute Gasteiger partial charge is 0.457 e. The van der Waals surface area contributed by atoms with Gasteiger partial charge in [0.05, 0.1) is 13.2 Å². The number of anilines is 1. The average Bonchev–Trinajstić information content (AvgIpc) is 2.57. The molecule has 2 aromatic rings. The van der Waals surface area contributed by atoms with Gasteiger partial charge in [-0.2, -0.15) is 0 Å². The fraction of sp³-hybridized carbons (Fsp3) is 0.278. The first kappa shape index (κ1) is 18.3. The fourth-order valence-corrected chi connectivity index (χ4v) is 2.38. The van der Waals surface area contributed by atoms with E-state index >= 15 is 0 Å². The highest BCUT2D eigenvalue weighted by Gasteiger charge is 2.20. The van der Waals surface area contributed by atoms with Crippen molar-refractivity contribution in [3.05, 3.63) is 54.1 Å². The van der Waals surface area contributed by atoms with Crippen molar-refractivity contribution in [3.8, 4) is 11.5 Å². The summed E-state index contributed by atoms with van der Waals surface area (Å²) in [6.45, 7) is 3.77. The molecule has 1 fully saturated rings. The molecule has 1 aliphatic heterocycles. The second-order valence-corrected chi connectivity index (χ2v) is 5.51. The molecule has 5 nitrogen and oxygen atoms in total. The first-order valence-corrected chi connectivity index (χ1v) is 7.67. The van der Waals surface area contributed by atoms with E-state index in [0.717, 1.165) is 22.7 Å². The van der Waals surface area contributed by atoms with Gasteiger partial charge in [-0.15, -0.1) is 12.4 Å². The van der Waals surface area contributed by atoms with Gasteiger partial charge in [-0.3, -0.25) is 4.79 Å². The summed E-state index contributed by atoms with van der Waals surface area (Å²) in [6.07, 6.45) is 0. The Morgan fingerprint density at radius 1 is 1.21 bits per heavy atom. The van der Waals surface area contributed by atoms with Crippen molar-refractivity contribution in [3.63, 3.8) is 0 Å². The predicted molar refractivity (Wildman–Crippen MR) is 96.2 cm³/mol. The molecular weight excluding hydrogens is 328 g/mol. The van der Waals surface area contributed by atoms with Crippen LogP contribution in [0.3, 0.4) is 0 Å². The number of halogens is 1. The van der Waals surface area contributed by atoms with Crippen molar-refractivity contribution in [2.75, 3.05) is 25.1 Å². The second-order valence-electron chi connectivity index (χ2n) is 5.51. The van der Waals surface area contributed by atoms with Gasteiger partial charge in [-0.25, -0.2) is 0 Å². The minimum Gasteiger partial charge on any atom is -0.457 e. The summed E-state index contributed by atoms with van der Waals surface area (Å²) >= 11 is 0. The van der Waals surface area contributed by atoms with Gasteiger partial charge < -0.3 is 20.1 Å². The third-order valence-electron chi connectivity index (χ3n) is 3.59. The van der Waals surface area contributed by atoms with Crippen molar-refractivity contribution >= 4 is 24.0 Å². The number of hydrogen-bond donors (Lipinski definition) is 2. The number of benzene rings is 2. The molecule has 6 heteroatoms. The first-order chi connectivity index (χ1) is 11.2. The molecule has 1 saturated heterocycles. The standard InChI is InChI=1S/C18H20N2O3.ClH/c1-13-3-2-4-16(11-13)23-15-7-5-14(6-8-15)20-18(21)17-12-22-10-9-19-17;/h2-8,11,17,19H,9-10,12H2,1H3,(H,20,21);1H. The van der Waals surface area contributed by atoms with Gasteiger partial charge in [-0.05, 0) is 48.9 Å². The number of amides is 1. The molecule has 2 aromatic carbocycles. The third-order valence-corrected chi connectivity index (χ3v) is 3.59. The molecule has 0 aromatic heterocycles. The van der Waals surface area contributed by atoms with E-state index in [1.54, 1.807) is 0 Å². The van der Waals surface area contributed by atoms with Crippen LogP contribution >= 0.6 is 12.4 Å². The maximum absolute atomic E-state index is 12.1. The van der Waals surface area contributed by atoms with Crippen LogP contribution in [0.1, 0.15) is 5.56 Å². The van der Waals surface area contributed by atoms with E-state index in [1.165, 1.54) is 0 Å². The van der Waals surface area contributed by atoms with Crippen LogP contribution in [0.25, 0.3) is 0 Å². The van der Waals surface area contributed by atoms with Gasteiger partial charge in [0.2, 0.25) is 5.91 Å². The number of morpholine rings is 1. The van der Waals surface area contributed by atoms with Crippen LogP contribution in [0, 0.1) is 6.92 Å². The van der Waals surface area contributed by atoms with Gasteiger partial charge in [0.15, 0.2) is 0 Å². The molecule has 1 unspecified atom stereocenters. The predicted octanol–water partition coefficient (Wildman–Crippen LogP) is 3.14. The molecule has 0 aliphatic carbocycles. The van der Waals surface area contributed by atoms with Crippen molar-refractivity contribution in [1.82, 2.24) is 5.32 Å². The van der Waals surface area contributed by atoms with Gasteiger partial charge in [0.25, 0.3) is 0 Å². The van der Waals surface area contributed by atoms with E-state index in [4.69, 9.17) is 9.47 Å². The summed E-state index contributed by atoms with van der Waals surface area (Å²) in [5.41, 5.74) is 1.88. The first-order valence-electron chi connectivity index (χ1n) is 7.67. The summed E-state index contributed by atoms with van der Waals surface area (Å²) in [4.78, 5) is 12.1. The number of nitrogens with one attached hydrogen (secondary N) is 2. The van der Waals surface area contributed by atoms with Crippen LogP contribution in [0.5, 0.6) is 11.5 Å². The van der Waals surface area contributed by atoms with Crippen molar-refractivity contribution in [2.24, 2.45) is 0 Å². The van der Waals surface area contributed by atoms with E-state index in [0.29, 0.717) is 19.8 Å². The Balaban J connectivity index is 0.00000208. The SMILES string of the molecule is Cc1cccc(Oc2ccc(NC(=O)C3COCCN3)cc2)c1.Cl. The van der Waals surface area contributed by atoms with Gasteiger partial charge in [0.1, 0.15) is 17.5 Å². The van der Waals surface area contributed by atoms with Gasteiger partial charge >= 0.3 is 0 Å². The molecular formula is C18H21ClN2O3. The minimum atomic E-state index is -0.299.